The molecule has 5 nitrogen and oxygen atoms in total. The third-order valence-electron chi connectivity index (χ3n) is 7.17. The zero-order chi connectivity index (χ0) is 24.4. The van der Waals surface area contributed by atoms with Crippen LogP contribution in [-0.4, -0.2) is 34.3 Å². The Hall–Kier alpha value is -1.52. The van der Waals surface area contributed by atoms with E-state index in [-0.39, 0.29) is 11.9 Å². The maximum absolute atomic E-state index is 10.8. The van der Waals surface area contributed by atoms with Crippen molar-refractivity contribution in [2.24, 2.45) is 0 Å². The zero-order valence-electron chi connectivity index (χ0n) is 22.6. The Morgan fingerprint density at radius 3 is 1.79 bits per heavy atom. The number of aryl methyl sites for hydroxylation is 1. The van der Waals surface area contributed by atoms with Gasteiger partial charge in [-0.25, -0.2) is 4.98 Å². The topological polar surface area (TPSA) is 58.5 Å². The highest BCUT2D eigenvalue weighted by Crippen LogP contribution is 2.34. The first kappa shape index (κ1) is 28.7. The largest absolute Gasteiger partial charge is 0.502 e. The molecule has 0 aromatic carbocycles. The van der Waals surface area contributed by atoms with Crippen molar-refractivity contribution in [1.82, 2.24) is 9.97 Å². The SMILES string of the molecule is CCCCCCCCCCCCCCCCc1nc(N(CC)CCC)nc(OC2CCC2)c1O. The van der Waals surface area contributed by atoms with Gasteiger partial charge < -0.3 is 14.7 Å². The van der Waals surface area contributed by atoms with E-state index >= 15 is 0 Å². The molecule has 1 fully saturated rings. The van der Waals surface area contributed by atoms with Gasteiger partial charge in [-0.3, -0.25) is 0 Å². The number of unbranched alkanes of at least 4 members (excludes halogenated alkanes) is 13. The molecular formula is C29H53N3O2. The minimum Gasteiger partial charge on any atom is -0.502 e. The molecule has 0 unspecified atom stereocenters. The molecular weight excluding hydrogens is 422 g/mol. The molecule has 5 heteroatoms. The summed E-state index contributed by atoms with van der Waals surface area (Å²) in [6, 6.07) is 0. The number of aromatic hydroxyl groups is 1. The molecule has 196 valence electrons. The molecule has 1 saturated carbocycles. The molecule has 0 bridgehead atoms. The molecule has 0 saturated heterocycles. The van der Waals surface area contributed by atoms with Crippen LogP contribution in [-0.2, 0) is 6.42 Å². The monoisotopic (exact) mass is 475 g/mol. The van der Waals surface area contributed by atoms with Crippen molar-refractivity contribution < 1.29 is 9.84 Å². The van der Waals surface area contributed by atoms with Gasteiger partial charge in [0.2, 0.25) is 11.7 Å². The highest BCUT2D eigenvalue weighted by atomic mass is 16.5. The first-order chi connectivity index (χ1) is 16.7. The highest BCUT2D eigenvalue weighted by molar-refractivity contribution is 5.44. The van der Waals surface area contributed by atoms with E-state index < -0.39 is 0 Å². The quantitative estimate of drug-likeness (QED) is 0.181. The Morgan fingerprint density at radius 2 is 1.32 bits per heavy atom. The second-order valence-electron chi connectivity index (χ2n) is 10.2. The number of rotatable bonds is 21. The van der Waals surface area contributed by atoms with E-state index in [0.29, 0.717) is 11.8 Å². The zero-order valence-corrected chi connectivity index (χ0v) is 22.6. The molecule has 0 amide bonds. The molecule has 1 N–H and O–H groups in total. The minimum atomic E-state index is 0.165. The number of nitrogens with zero attached hydrogens (tertiary/aromatic N) is 3. The second kappa shape index (κ2) is 17.8. The van der Waals surface area contributed by atoms with Gasteiger partial charge in [-0.15, -0.1) is 0 Å². The van der Waals surface area contributed by atoms with Crippen molar-refractivity contribution in [3.8, 4) is 11.6 Å². The van der Waals surface area contributed by atoms with E-state index in [2.05, 4.69) is 30.7 Å². The molecule has 1 aliphatic carbocycles. The number of ether oxygens (including phenoxy) is 1. The summed E-state index contributed by atoms with van der Waals surface area (Å²) in [4.78, 5) is 11.5. The summed E-state index contributed by atoms with van der Waals surface area (Å²) in [7, 11) is 0. The predicted molar refractivity (Wildman–Crippen MR) is 144 cm³/mol. The van der Waals surface area contributed by atoms with Gasteiger partial charge in [0.1, 0.15) is 6.10 Å². The summed E-state index contributed by atoms with van der Waals surface area (Å²) in [6.45, 7) is 8.37. The molecule has 1 heterocycles. The molecule has 1 aromatic rings. The van der Waals surface area contributed by atoms with Crippen molar-refractivity contribution in [1.29, 1.82) is 0 Å². The lowest BCUT2D eigenvalue weighted by atomic mass is 9.96. The Bertz CT molecular complexity index is 649. The smallest absolute Gasteiger partial charge is 0.262 e. The number of anilines is 1. The lowest BCUT2D eigenvalue weighted by Gasteiger charge is -2.27. The lowest BCUT2D eigenvalue weighted by molar-refractivity contribution is 0.110. The van der Waals surface area contributed by atoms with E-state index in [1.54, 1.807) is 0 Å². The number of hydrogen-bond donors (Lipinski definition) is 1. The van der Waals surface area contributed by atoms with Gasteiger partial charge >= 0.3 is 0 Å². The van der Waals surface area contributed by atoms with Crippen LogP contribution in [0.3, 0.4) is 0 Å². The van der Waals surface area contributed by atoms with Crippen LogP contribution in [0.15, 0.2) is 0 Å². The predicted octanol–water partition coefficient (Wildman–Crippen LogP) is 8.37. The van der Waals surface area contributed by atoms with Gasteiger partial charge in [-0.1, -0.05) is 97.3 Å². The van der Waals surface area contributed by atoms with Crippen molar-refractivity contribution in [3.63, 3.8) is 0 Å². The van der Waals surface area contributed by atoms with Gasteiger partial charge in [-0.2, -0.15) is 4.98 Å². The summed E-state index contributed by atoms with van der Waals surface area (Å²) in [5.41, 5.74) is 0.757. The van der Waals surface area contributed by atoms with Crippen LogP contribution in [0.4, 0.5) is 5.95 Å². The Balaban J connectivity index is 1.68. The fourth-order valence-corrected chi connectivity index (χ4v) is 4.67. The van der Waals surface area contributed by atoms with Gasteiger partial charge in [0.15, 0.2) is 0 Å². The number of aromatic nitrogens is 2. The van der Waals surface area contributed by atoms with Crippen LogP contribution in [0.1, 0.15) is 142 Å². The molecule has 2 rings (SSSR count). The Kier molecular flexibility index (Phi) is 15.1. The fraction of sp³-hybridized carbons (Fsp3) is 0.862. The summed E-state index contributed by atoms with van der Waals surface area (Å²) in [5, 5.41) is 10.8. The summed E-state index contributed by atoms with van der Waals surface area (Å²) >= 11 is 0. The van der Waals surface area contributed by atoms with Crippen LogP contribution in [0, 0.1) is 0 Å². The molecule has 1 aromatic heterocycles. The van der Waals surface area contributed by atoms with Crippen LogP contribution < -0.4 is 9.64 Å². The van der Waals surface area contributed by atoms with Crippen molar-refractivity contribution >= 4 is 5.95 Å². The molecule has 0 radical (unpaired) electrons. The lowest BCUT2D eigenvalue weighted by Crippen LogP contribution is -2.28. The van der Waals surface area contributed by atoms with E-state index in [4.69, 9.17) is 9.72 Å². The molecule has 0 atom stereocenters. The molecule has 0 aliphatic heterocycles. The maximum Gasteiger partial charge on any atom is 0.262 e. The summed E-state index contributed by atoms with van der Waals surface area (Å²) in [5.74, 6) is 1.26. The highest BCUT2D eigenvalue weighted by Gasteiger charge is 2.24. The molecule has 0 spiro atoms. The first-order valence-electron chi connectivity index (χ1n) is 14.7. The second-order valence-corrected chi connectivity index (χ2v) is 10.2. The van der Waals surface area contributed by atoms with Crippen molar-refractivity contribution in [3.05, 3.63) is 5.69 Å². The van der Waals surface area contributed by atoms with Crippen LogP contribution >= 0.6 is 0 Å². The average molecular weight is 476 g/mol. The standard InChI is InChI=1S/C29H53N3O2/c1-4-7-8-9-10-11-12-13-14-15-16-17-18-19-23-26-27(33)28(34-25-21-20-22-25)31-29(30-26)32(6-3)24-5-2/h25,33H,4-24H2,1-3H3. The fourth-order valence-electron chi connectivity index (χ4n) is 4.67. The van der Waals surface area contributed by atoms with Crippen LogP contribution in [0.2, 0.25) is 0 Å². The summed E-state index contributed by atoms with van der Waals surface area (Å²) in [6.07, 6.45) is 24.2. The Labute approximate surface area is 210 Å². The van der Waals surface area contributed by atoms with Gasteiger partial charge in [0.25, 0.3) is 5.88 Å². The van der Waals surface area contributed by atoms with Crippen molar-refractivity contribution in [2.75, 3.05) is 18.0 Å². The third kappa shape index (κ3) is 10.8. The van der Waals surface area contributed by atoms with Crippen LogP contribution in [0.25, 0.3) is 0 Å². The Morgan fingerprint density at radius 1 is 0.765 bits per heavy atom. The van der Waals surface area contributed by atoms with E-state index in [1.165, 1.54) is 89.9 Å². The van der Waals surface area contributed by atoms with Gasteiger partial charge in [0, 0.05) is 13.1 Å². The van der Waals surface area contributed by atoms with Crippen molar-refractivity contribution in [2.45, 2.75) is 149 Å². The van der Waals surface area contributed by atoms with E-state index in [1.807, 2.05) is 0 Å². The normalized spacial score (nSPS) is 13.7. The van der Waals surface area contributed by atoms with Gasteiger partial charge in [0.05, 0.1) is 5.69 Å². The van der Waals surface area contributed by atoms with E-state index in [0.717, 1.165) is 50.9 Å². The molecule has 1 aliphatic rings. The van der Waals surface area contributed by atoms with Crippen LogP contribution in [0.5, 0.6) is 11.6 Å². The average Bonchev–Trinajstić information content (AvgIpc) is 2.81. The van der Waals surface area contributed by atoms with Gasteiger partial charge in [-0.05, 0) is 45.4 Å². The summed E-state index contributed by atoms with van der Waals surface area (Å²) < 4.78 is 6.03. The number of hydrogen-bond acceptors (Lipinski definition) is 5. The first-order valence-corrected chi connectivity index (χ1v) is 14.7. The minimum absolute atomic E-state index is 0.165. The molecule has 34 heavy (non-hydrogen) atoms. The van der Waals surface area contributed by atoms with E-state index in [9.17, 15) is 5.11 Å². The third-order valence-corrected chi connectivity index (χ3v) is 7.17. The maximum atomic E-state index is 10.8.